The predicted molar refractivity (Wildman–Crippen MR) is 101 cm³/mol. The fourth-order valence-electron chi connectivity index (χ4n) is 2.32. The summed E-state index contributed by atoms with van der Waals surface area (Å²) >= 11 is 0. The minimum Gasteiger partial charge on any atom is -0.444 e. The molecular weight excluding hydrogens is 336 g/mol. The second-order valence-corrected chi connectivity index (χ2v) is 7.87. The maximum absolute atomic E-state index is 12.0. The van der Waals surface area contributed by atoms with Gasteiger partial charge in [-0.15, -0.1) is 0 Å². The van der Waals surface area contributed by atoms with E-state index < -0.39 is 11.7 Å². The third-order valence-electron chi connectivity index (χ3n) is 3.36. The molecule has 0 aliphatic rings. The number of alkyl carbamates (subject to hydrolysis) is 1. The molecule has 0 aliphatic carbocycles. The Kier molecular flexibility index (Phi) is 11.6. The van der Waals surface area contributed by atoms with E-state index in [0.717, 1.165) is 19.3 Å². The summed E-state index contributed by atoms with van der Waals surface area (Å²) in [6.45, 7) is 9.95. The van der Waals surface area contributed by atoms with Crippen LogP contribution in [0.15, 0.2) is 0 Å². The lowest BCUT2D eigenvalue weighted by Crippen LogP contribution is -2.46. The number of nitrogens with one attached hydrogen (secondary N) is 3. The van der Waals surface area contributed by atoms with Gasteiger partial charge in [0.15, 0.2) is 0 Å². The summed E-state index contributed by atoms with van der Waals surface area (Å²) in [6, 6.07) is -0.369. The Morgan fingerprint density at radius 3 is 2.15 bits per heavy atom. The van der Waals surface area contributed by atoms with E-state index >= 15 is 0 Å². The normalized spacial score (nSPS) is 12.4. The van der Waals surface area contributed by atoms with Crippen LogP contribution in [0.25, 0.3) is 0 Å². The lowest BCUT2D eigenvalue weighted by molar-refractivity contribution is -0.129. The summed E-state index contributed by atoms with van der Waals surface area (Å²) in [4.78, 5) is 35.6. The third-order valence-corrected chi connectivity index (χ3v) is 3.36. The van der Waals surface area contributed by atoms with Gasteiger partial charge in [0.1, 0.15) is 5.60 Å². The van der Waals surface area contributed by atoms with Crippen molar-refractivity contribution in [3.8, 4) is 0 Å². The van der Waals surface area contributed by atoms with E-state index in [0.29, 0.717) is 25.3 Å². The van der Waals surface area contributed by atoms with Crippen molar-refractivity contribution in [2.45, 2.75) is 84.8 Å². The van der Waals surface area contributed by atoms with Gasteiger partial charge in [-0.3, -0.25) is 20.4 Å². The van der Waals surface area contributed by atoms with Crippen molar-refractivity contribution in [2.75, 3.05) is 6.54 Å². The minimum atomic E-state index is -0.605. The molecule has 0 saturated carbocycles. The molecule has 0 unspecified atom stereocenters. The van der Waals surface area contributed by atoms with E-state index in [1.54, 1.807) is 20.8 Å². The first-order chi connectivity index (χ1) is 12.0. The van der Waals surface area contributed by atoms with Crippen LogP contribution in [0.1, 0.15) is 73.1 Å². The monoisotopic (exact) mass is 372 g/mol. The number of hydrogen-bond donors (Lipinski definition) is 4. The number of amides is 3. The van der Waals surface area contributed by atoms with Crippen LogP contribution in [0.2, 0.25) is 0 Å². The Balaban J connectivity index is 4.33. The van der Waals surface area contributed by atoms with E-state index in [4.69, 9.17) is 10.5 Å². The largest absolute Gasteiger partial charge is 0.444 e. The molecule has 0 aromatic rings. The first-order valence-corrected chi connectivity index (χ1v) is 9.30. The van der Waals surface area contributed by atoms with Crippen molar-refractivity contribution < 1.29 is 19.1 Å². The van der Waals surface area contributed by atoms with Crippen LogP contribution in [-0.4, -0.2) is 36.1 Å². The second-order valence-electron chi connectivity index (χ2n) is 7.87. The molecule has 0 fully saturated rings. The van der Waals surface area contributed by atoms with Gasteiger partial charge in [-0.25, -0.2) is 4.79 Å². The number of carbonyl (C=O) groups is 3. The van der Waals surface area contributed by atoms with Crippen molar-refractivity contribution in [1.29, 1.82) is 0 Å². The van der Waals surface area contributed by atoms with Crippen LogP contribution < -0.4 is 21.9 Å². The zero-order chi connectivity index (χ0) is 20.2. The molecule has 8 heteroatoms. The molecule has 0 aromatic carbocycles. The molecular formula is C18H36N4O4. The molecule has 0 aliphatic heterocycles. The minimum absolute atomic E-state index is 0.0604. The molecule has 0 rings (SSSR count). The summed E-state index contributed by atoms with van der Waals surface area (Å²) < 4.78 is 5.23. The van der Waals surface area contributed by atoms with E-state index in [2.05, 4.69) is 16.2 Å². The lowest BCUT2D eigenvalue weighted by Gasteiger charge is -2.24. The zero-order valence-electron chi connectivity index (χ0n) is 16.8. The molecule has 26 heavy (non-hydrogen) atoms. The molecule has 0 radical (unpaired) electrons. The summed E-state index contributed by atoms with van der Waals surface area (Å²) in [6.07, 6.45) is 2.96. The van der Waals surface area contributed by atoms with Crippen LogP contribution in [0.3, 0.4) is 0 Å². The van der Waals surface area contributed by atoms with Gasteiger partial charge in [0.25, 0.3) is 0 Å². The number of carbonyl (C=O) groups excluding carboxylic acids is 3. The fraction of sp³-hybridized carbons (Fsp3) is 0.833. The Hall–Kier alpha value is -1.83. The van der Waals surface area contributed by atoms with Gasteiger partial charge in [-0.1, -0.05) is 20.3 Å². The highest BCUT2D eigenvalue weighted by Gasteiger charge is 2.22. The van der Waals surface area contributed by atoms with Crippen molar-refractivity contribution in [1.82, 2.24) is 16.2 Å². The van der Waals surface area contributed by atoms with Gasteiger partial charge in [0.2, 0.25) is 11.8 Å². The molecule has 1 atom stereocenters. The van der Waals surface area contributed by atoms with Gasteiger partial charge in [-0.05, 0) is 52.5 Å². The maximum Gasteiger partial charge on any atom is 0.407 e. The molecule has 0 saturated heterocycles. The van der Waals surface area contributed by atoms with Crippen LogP contribution in [-0.2, 0) is 14.3 Å². The number of nitrogens with two attached hydrogens (primary N) is 1. The van der Waals surface area contributed by atoms with Gasteiger partial charge in [0.05, 0.1) is 0 Å². The van der Waals surface area contributed by atoms with Gasteiger partial charge in [0, 0.05) is 18.9 Å². The average Bonchev–Trinajstić information content (AvgIpc) is 2.46. The molecule has 0 spiro atoms. The highest BCUT2D eigenvalue weighted by Crippen LogP contribution is 2.11. The van der Waals surface area contributed by atoms with Crippen molar-refractivity contribution >= 4 is 17.9 Å². The fourth-order valence-corrected chi connectivity index (χ4v) is 2.32. The maximum atomic E-state index is 12.0. The van der Waals surface area contributed by atoms with Crippen LogP contribution in [0.4, 0.5) is 4.79 Å². The predicted octanol–water partition coefficient (Wildman–Crippen LogP) is 1.98. The summed E-state index contributed by atoms with van der Waals surface area (Å²) in [5.41, 5.74) is 9.58. The first-order valence-electron chi connectivity index (χ1n) is 9.30. The van der Waals surface area contributed by atoms with E-state index in [9.17, 15) is 14.4 Å². The van der Waals surface area contributed by atoms with E-state index in [1.165, 1.54) is 0 Å². The molecule has 0 heterocycles. The second kappa shape index (κ2) is 12.5. The highest BCUT2D eigenvalue weighted by molar-refractivity contribution is 5.82. The van der Waals surface area contributed by atoms with Gasteiger partial charge >= 0.3 is 6.09 Å². The number of hydrogen-bond acceptors (Lipinski definition) is 5. The molecule has 0 aromatic heterocycles. The molecule has 152 valence electrons. The molecule has 0 bridgehead atoms. The van der Waals surface area contributed by atoms with E-state index in [-0.39, 0.29) is 24.3 Å². The smallest absolute Gasteiger partial charge is 0.407 e. The Labute approximate surface area is 157 Å². The van der Waals surface area contributed by atoms with Gasteiger partial charge < -0.3 is 15.8 Å². The number of hydrazine groups is 1. The third kappa shape index (κ3) is 14.5. The summed E-state index contributed by atoms with van der Waals surface area (Å²) in [5.74, 6) is -0.308. The standard InChI is InChI=1S/C18H36N4O4/c1-13(2)11-14(20-17(25)26-18(3,4)5)12-16(24)22-21-15(23)9-7-6-8-10-19/h13-14H,6-12,19H2,1-5H3,(H,20,25)(H,21,23)(H,22,24)/t14-/m0/s1. The lowest BCUT2D eigenvalue weighted by atomic mass is 10.0. The topological polar surface area (TPSA) is 123 Å². The van der Waals surface area contributed by atoms with Crippen LogP contribution in [0.5, 0.6) is 0 Å². The van der Waals surface area contributed by atoms with Crippen molar-refractivity contribution in [2.24, 2.45) is 11.7 Å². The van der Waals surface area contributed by atoms with Crippen LogP contribution in [0, 0.1) is 5.92 Å². The van der Waals surface area contributed by atoms with Gasteiger partial charge in [-0.2, -0.15) is 0 Å². The highest BCUT2D eigenvalue weighted by atomic mass is 16.6. The first kappa shape index (κ1) is 24.2. The summed E-state index contributed by atoms with van der Waals surface area (Å²) in [5, 5.41) is 2.73. The Bertz CT molecular complexity index is 447. The SMILES string of the molecule is CC(C)C[C@@H](CC(=O)NNC(=O)CCCCCN)NC(=O)OC(C)(C)C. The Morgan fingerprint density at radius 1 is 1.00 bits per heavy atom. The van der Waals surface area contributed by atoms with E-state index in [1.807, 2.05) is 13.8 Å². The van der Waals surface area contributed by atoms with Crippen LogP contribution >= 0.6 is 0 Å². The average molecular weight is 373 g/mol. The number of unbranched alkanes of at least 4 members (excludes halogenated alkanes) is 2. The number of rotatable bonds is 10. The quantitative estimate of drug-likeness (QED) is 0.345. The van der Waals surface area contributed by atoms with Crippen molar-refractivity contribution in [3.05, 3.63) is 0 Å². The zero-order valence-corrected chi connectivity index (χ0v) is 16.8. The molecule has 5 N–H and O–H groups in total. The molecule has 8 nitrogen and oxygen atoms in total. The Morgan fingerprint density at radius 2 is 1.62 bits per heavy atom. The summed E-state index contributed by atoms with van der Waals surface area (Å²) in [7, 11) is 0. The number of ether oxygens (including phenoxy) is 1. The van der Waals surface area contributed by atoms with Crippen molar-refractivity contribution in [3.63, 3.8) is 0 Å². The molecule has 3 amide bonds.